The summed E-state index contributed by atoms with van der Waals surface area (Å²) in [5.41, 5.74) is 1.25. The molecule has 23 heavy (non-hydrogen) atoms. The largest absolute Gasteiger partial charge is 0.466 e. The van der Waals surface area contributed by atoms with E-state index < -0.39 is 0 Å². The average molecular weight is 319 g/mol. The lowest BCUT2D eigenvalue weighted by Crippen LogP contribution is -2.30. The van der Waals surface area contributed by atoms with E-state index in [-0.39, 0.29) is 5.97 Å². The number of nitrogens with one attached hydrogen (secondary N) is 1. The lowest BCUT2D eigenvalue weighted by Gasteiger charge is -2.28. The maximum atomic E-state index is 11.2. The Labute approximate surface area is 139 Å². The molecule has 1 aromatic carbocycles. The second-order valence-electron chi connectivity index (χ2n) is 6.20. The number of benzene rings is 1. The van der Waals surface area contributed by atoms with E-state index in [2.05, 4.69) is 29.6 Å². The van der Waals surface area contributed by atoms with Crippen molar-refractivity contribution in [1.82, 2.24) is 5.32 Å². The summed E-state index contributed by atoms with van der Waals surface area (Å²) in [6.07, 6.45) is 5.53. The van der Waals surface area contributed by atoms with Crippen molar-refractivity contribution in [3.05, 3.63) is 35.9 Å². The van der Waals surface area contributed by atoms with Gasteiger partial charge in [-0.2, -0.15) is 0 Å². The average Bonchev–Trinajstić information content (AvgIpc) is 2.59. The Bertz CT molecular complexity index is 441. The van der Waals surface area contributed by atoms with Gasteiger partial charge in [-0.15, -0.1) is 0 Å². The highest BCUT2D eigenvalue weighted by Gasteiger charge is 2.21. The molecule has 0 radical (unpaired) electrons. The van der Waals surface area contributed by atoms with Crippen LogP contribution in [-0.2, 0) is 20.9 Å². The highest BCUT2D eigenvalue weighted by Crippen LogP contribution is 2.26. The molecule has 1 fully saturated rings. The highest BCUT2D eigenvalue weighted by atomic mass is 16.5. The molecule has 0 aliphatic heterocycles. The van der Waals surface area contributed by atoms with Crippen LogP contribution < -0.4 is 5.32 Å². The van der Waals surface area contributed by atoms with Crippen LogP contribution >= 0.6 is 0 Å². The van der Waals surface area contributed by atoms with Crippen LogP contribution in [0, 0.1) is 5.92 Å². The van der Waals surface area contributed by atoms with E-state index in [0.29, 0.717) is 38.2 Å². The smallest absolute Gasteiger partial charge is 0.307 e. The van der Waals surface area contributed by atoms with Crippen LogP contribution in [0.2, 0.25) is 0 Å². The summed E-state index contributed by atoms with van der Waals surface area (Å²) in [4.78, 5) is 11.2. The zero-order valence-electron chi connectivity index (χ0n) is 14.1. The minimum atomic E-state index is -0.113. The molecule has 0 unspecified atom stereocenters. The van der Waals surface area contributed by atoms with Crippen molar-refractivity contribution in [3.8, 4) is 0 Å². The van der Waals surface area contributed by atoms with E-state index in [1.165, 1.54) is 18.4 Å². The first-order valence-electron chi connectivity index (χ1n) is 8.79. The summed E-state index contributed by atoms with van der Waals surface area (Å²) in [5, 5.41) is 3.38. The summed E-state index contributed by atoms with van der Waals surface area (Å²) in [7, 11) is 0. The monoisotopic (exact) mass is 319 g/mol. The third-order valence-electron chi connectivity index (χ3n) is 4.37. The molecule has 0 heterocycles. The van der Waals surface area contributed by atoms with Crippen molar-refractivity contribution in [1.29, 1.82) is 0 Å². The van der Waals surface area contributed by atoms with Crippen molar-refractivity contribution in [3.63, 3.8) is 0 Å². The molecule has 4 nitrogen and oxygen atoms in total. The molecule has 1 aromatic rings. The van der Waals surface area contributed by atoms with Crippen LogP contribution in [0.5, 0.6) is 0 Å². The molecule has 1 N–H and O–H groups in total. The standard InChI is InChI=1S/C19H29NO3/c1-2-22-19(21)12-13-20-14-16-8-10-18(11-9-16)23-15-17-6-4-3-5-7-17/h3-7,16,18,20H,2,8-15H2,1H3. The first-order chi connectivity index (χ1) is 11.3. The summed E-state index contributed by atoms with van der Waals surface area (Å²) >= 11 is 0. The van der Waals surface area contributed by atoms with E-state index in [4.69, 9.17) is 9.47 Å². The molecule has 0 aromatic heterocycles. The van der Waals surface area contributed by atoms with Gasteiger partial charge in [0.15, 0.2) is 0 Å². The maximum absolute atomic E-state index is 11.2. The molecular weight excluding hydrogens is 290 g/mol. The van der Waals surface area contributed by atoms with Crippen LogP contribution in [0.3, 0.4) is 0 Å². The normalized spacial score (nSPS) is 21.1. The second-order valence-corrected chi connectivity index (χ2v) is 6.20. The summed E-state index contributed by atoms with van der Waals surface area (Å²) in [5.74, 6) is 0.590. The third-order valence-corrected chi connectivity index (χ3v) is 4.37. The van der Waals surface area contributed by atoms with E-state index in [1.54, 1.807) is 0 Å². The zero-order valence-corrected chi connectivity index (χ0v) is 14.1. The molecule has 0 amide bonds. The van der Waals surface area contributed by atoms with Gasteiger partial charge in [0.05, 0.1) is 25.7 Å². The molecule has 0 bridgehead atoms. The SMILES string of the molecule is CCOC(=O)CCNCC1CCC(OCc2ccccc2)CC1. The number of esters is 1. The predicted molar refractivity (Wildman–Crippen MR) is 91.1 cm³/mol. The fourth-order valence-corrected chi connectivity index (χ4v) is 3.02. The van der Waals surface area contributed by atoms with Crippen LogP contribution in [0.4, 0.5) is 0 Å². The third kappa shape index (κ3) is 7.14. The summed E-state index contributed by atoms with van der Waals surface area (Å²) in [6, 6.07) is 10.4. The van der Waals surface area contributed by atoms with Gasteiger partial charge in [-0.25, -0.2) is 0 Å². The molecule has 2 rings (SSSR count). The van der Waals surface area contributed by atoms with Gasteiger partial charge in [-0.1, -0.05) is 30.3 Å². The topological polar surface area (TPSA) is 47.6 Å². The Morgan fingerprint density at radius 2 is 1.91 bits per heavy atom. The Morgan fingerprint density at radius 3 is 2.61 bits per heavy atom. The number of hydrogen-bond donors (Lipinski definition) is 1. The maximum Gasteiger partial charge on any atom is 0.307 e. The van der Waals surface area contributed by atoms with Crippen molar-refractivity contribution >= 4 is 5.97 Å². The predicted octanol–water partition coefficient (Wildman–Crippen LogP) is 3.30. The Hall–Kier alpha value is -1.39. The quantitative estimate of drug-likeness (QED) is 0.560. The molecule has 0 atom stereocenters. The van der Waals surface area contributed by atoms with Gasteiger partial charge >= 0.3 is 5.97 Å². The van der Waals surface area contributed by atoms with Gasteiger partial charge in [0.25, 0.3) is 0 Å². The first kappa shape index (κ1) is 18.0. The van der Waals surface area contributed by atoms with E-state index in [9.17, 15) is 4.79 Å². The molecule has 4 heteroatoms. The highest BCUT2D eigenvalue weighted by molar-refractivity contribution is 5.69. The van der Waals surface area contributed by atoms with Gasteiger partial charge in [-0.3, -0.25) is 4.79 Å². The number of hydrogen-bond acceptors (Lipinski definition) is 4. The van der Waals surface area contributed by atoms with Gasteiger partial charge in [0.2, 0.25) is 0 Å². The molecule has 0 spiro atoms. The number of rotatable bonds is 9. The first-order valence-corrected chi connectivity index (χ1v) is 8.79. The van der Waals surface area contributed by atoms with Crippen LogP contribution in [-0.4, -0.2) is 31.8 Å². The molecule has 128 valence electrons. The second kappa shape index (κ2) is 10.4. The lowest BCUT2D eigenvalue weighted by molar-refractivity contribution is -0.142. The lowest BCUT2D eigenvalue weighted by atomic mass is 9.87. The fourth-order valence-electron chi connectivity index (χ4n) is 3.02. The molecule has 1 aliphatic rings. The summed E-state index contributed by atoms with van der Waals surface area (Å²) < 4.78 is 10.9. The van der Waals surface area contributed by atoms with E-state index in [1.807, 2.05) is 13.0 Å². The number of carbonyl (C=O) groups excluding carboxylic acids is 1. The molecular formula is C19H29NO3. The van der Waals surface area contributed by atoms with Gasteiger partial charge in [-0.05, 0) is 50.6 Å². The van der Waals surface area contributed by atoms with Crippen molar-refractivity contribution < 1.29 is 14.3 Å². The number of carbonyl (C=O) groups is 1. The van der Waals surface area contributed by atoms with Crippen LogP contribution in [0.15, 0.2) is 30.3 Å². The Kier molecular flexibility index (Phi) is 8.12. The summed E-state index contributed by atoms with van der Waals surface area (Å²) in [6.45, 7) is 4.72. The van der Waals surface area contributed by atoms with E-state index in [0.717, 1.165) is 19.4 Å². The Balaban J connectivity index is 1.53. The molecule has 1 saturated carbocycles. The van der Waals surface area contributed by atoms with Gasteiger partial charge in [0.1, 0.15) is 0 Å². The number of ether oxygens (including phenoxy) is 2. The van der Waals surface area contributed by atoms with Gasteiger partial charge in [0, 0.05) is 6.54 Å². The van der Waals surface area contributed by atoms with Crippen molar-refractivity contribution in [2.45, 2.75) is 51.7 Å². The Morgan fingerprint density at radius 1 is 1.17 bits per heavy atom. The van der Waals surface area contributed by atoms with Crippen LogP contribution in [0.25, 0.3) is 0 Å². The van der Waals surface area contributed by atoms with Crippen LogP contribution in [0.1, 0.15) is 44.6 Å². The molecule has 0 saturated heterocycles. The van der Waals surface area contributed by atoms with Crippen molar-refractivity contribution in [2.75, 3.05) is 19.7 Å². The van der Waals surface area contributed by atoms with Gasteiger partial charge < -0.3 is 14.8 Å². The van der Waals surface area contributed by atoms with Crippen molar-refractivity contribution in [2.24, 2.45) is 5.92 Å². The minimum Gasteiger partial charge on any atom is -0.466 e. The zero-order chi connectivity index (χ0) is 16.3. The minimum absolute atomic E-state index is 0.113. The fraction of sp³-hybridized carbons (Fsp3) is 0.632. The van der Waals surface area contributed by atoms with E-state index >= 15 is 0 Å². The molecule has 1 aliphatic carbocycles.